The smallest absolute Gasteiger partial charge is 0.407 e. The van der Waals surface area contributed by atoms with E-state index in [1.165, 1.54) is 5.57 Å². The average Bonchev–Trinajstić information content (AvgIpc) is 3.67. The Morgan fingerprint density at radius 3 is 2.56 bits per heavy atom. The Kier molecular flexibility index (Phi) is 8.94. The minimum absolute atomic E-state index is 0.0129. The zero-order valence-corrected chi connectivity index (χ0v) is 19.9. The highest BCUT2D eigenvalue weighted by Crippen LogP contribution is 2.59. The molecular formula is C23H40N2O7. The molecule has 3 rings (SSSR count). The summed E-state index contributed by atoms with van der Waals surface area (Å²) in [6.45, 7) is 9.72. The lowest BCUT2D eigenvalue weighted by atomic mass is 9.68. The molecule has 6 atom stereocenters. The number of amides is 1. The molecule has 1 aliphatic carbocycles. The van der Waals surface area contributed by atoms with Crippen LogP contribution in [0.1, 0.15) is 40.0 Å². The van der Waals surface area contributed by atoms with Gasteiger partial charge in [0.15, 0.2) is 0 Å². The van der Waals surface area contributed by atoms with Crippen molar-refractivity contribution in [3.8, 4) is 0 Å². The third-order valence-electron chi connectivity index (χ3n) is 6.65. The number of methoxy groups -OCH3 is 1. The summed E-state index contributed by atoms with van der Waals surface area (Å²) in [6.07, 6.45) is 3.63. The van der Waals surface area contributed by atoms with Crippen LogP contribution < -0.4 is 11.1 Å². The summed E-state index contributed by atoms with van der Waals surface area (Å²) < 4.78 is 34.4. The maximum Gasteiger partial charge on any atom is 0.407 e. The minimum atomic E-state index is -0.464. The third kappa shape index (κ3) is 6.21. The van der Waals surface area contributed by atoms with E-state index in [9.17, 15) is 4.79 Å². The van der Waals surface area contributed by atoms with Gasteiger partial charge in [-0.3, -0.25) is 0 Å². The number of carbonyl (C=O) groups is 1. The lowest BCUT2D eigenvalue weighted by molar-refractivity contribution is -0.118. The second kappa shape index (κ2) is 11.3. The molecule has 1 amide bonds. The molecule has 0 radical (unpaired) electrons. The number of allylic oxidation sites excluding steroid dienone is 1. The van der Waals surface area contributed by atoms with Crippen molar-refractivity contribution in [2.75, 3.05) is 53.2 Å². The van der Waals surface area contributed by atoms with Crippen LogP contribution in [-0.2, 0) is 28.4 Å². The van der Waals surface area contributed by atoms with Crippen LogP contribution in [0, 0.1) is 5.92 Å². The van der Waals surface area contributed by atoms with Gasteiger partial charge in [0.1, 0.15) is 23.4 Å². The number of nitrogens with one attached hydrogen (secondary N) is 1. The Morgan fingerprint density at radius 2 is 1.94 bits per heavy atom. The van der Waals surface area contributed by atoms with E-state index in [-0.39, 0.29) is 35.4 Å². The zero-order valence-electron chi connectivity index (χ0n) is 19.9. The van der Waals surface area contributed by atoms with Crippen LogP contribution in [0.3, 0.4) is 0 Å². The molecule has 32 heavy (non-hydrogen) atoms. The SMILES string of the molecule is COC1C(OC(=O)NCCOCCOCCN)CC[C@]2(CO2)C1[C@]1(C)O[C@@H]1CC=C(C)C. The highest BCUT2D eigenvalue weighted by atomic mass is 16.6. The van der Waals surface area contributed by atoms with E-state index in [4.69, 9.17) is 34.2 Å². The van der Waals surface area contributed by atoms with Gasteiger partial charge in [-0.15, -0.1) is 0 Å². The van der Waals surface area contributed by atoms with E-state index < -0.39 is 6.09 Å². The van der Waals surface area contributed by atoms with Gasteiger partial charge < -0.3 is 39.5 Å². The third-order valence-corrected chi connectivity index (χ3v) is 6.65. The van der Waals surface area contributed by atoms with E-state index in [1.54, 1.807) is 7.11 Å². The maximum absolute atomic E-state index is 12.4. The first-order valence-corrected chi connectivity index (χ1v) is 11.6. The Balaban J connectivity index is 1.48. The number of carbonyl (C=O) groups excluding carboxylic acids is 1. The molecule has 0 aromatic rings. The predicted molar refractivity (Wildman–Crippen MR) is 118 cm³/mol. The zero-order chi connectivity index (χ0) is 23.2. The first-order chi connectivity index (χ1) is 15.4. The van der Waals surface area contributed by atoms with Crippen LogP contribution in [0.5, 0.6) is 0 Å². The average molecular weight is 457 g/mol. The Bertz CT molecular complexity index is 650. The minimum Gasteiger partial charge on any atom is -0.443 e. The van der Waals surface area contributed by atoms with Gasteiger partial charge in [0.2, 0.25) is 0 Å². The lowest BCUT2D eigenvalue weighted by Gasteiger charge is -2.42. The van der Waals surface area contributed by atoms with Crippen LogP contribution in [0.4, 0.5) is 4.79 Å². The van der Waals surface area contributed by atoms with Gasteiger partial charge in [-0.1, -0.05) is 11.6 Å². The second-order valence-corrected chi connectivity index (χ2v) is 9.26. The van der Waals surface area contributed by atoms with Crippen molar-refractivity contribution in [1.82, 2.24) is 5.32 Å². The summed E-state index contributed by atoms with van der Waals surface area (Å²) in [6, 6.07) is 0. The fourth-order valence-electron chi connectivity index (χ4n) is 4.88. The van der Waals surface area contributed by atoms with Crippen LogP contribution in [0.25, 0.3) is 0 Å². The molecule has 0 bridgehead atoms. The summed E-state index contributed by atoms with van der Waals surface area (Å²) in [5, 5.41) is 2.75. The fraction of sp³-hybridized carbons (Fsp3) is 0.870. The first kappa shape index (κ1) is 25.4. The van der Waals surface area contributed by atoms with Gasteiger partial charge in [0.05, 0.1) is 45.1 Å². The topological polar surface area (TPSA) is 117 Å². The molecule has 9 nitrogen and oxygen atoms in total. The van der Waals surface area contributed by atoms with Gasteiger partial charge >= 0.3 is 6.09 Å². The second-order valence-electron chi connectivity index (χ2n) is 9.26. The number of alkyl carbamates (subject to hydrolysis) is 1. The number of ether oxygens (including phenoxy) is 6. The van der Waals surface area contributed by atoms with Crippen molar-refractivity contribution in [1.29, 1.82) is 0 Å². The fourth-order valence-corrected chi connectivity index (χ4v) is 4.88. The number of rotatable bonds is 13. The normalized spacial score (nSPS) is 35.4. The monoisotopic (exact) mass is 456 g/mol. The van der Waals surface area contributed by atoms with Crippen molar-refractivity contribution in [2.24, 2.45) is 11.7 Å². The van der Waals surface area contributed by atoms with Gasteiger partial charge in [-0.05, 0) is 40.0 Å². The molecule has 3 fully saturated rings. The number of epoxide rings is 2. The van der Waals surface area contributed by atoms with Crippen LogP contribution in [0.15, 0.2) is 11.6 Å². The number of hydrogen-bond donors (Lipinski definition) is 2. The lowest BCUT2D eigenvalue weighted by Crippen LogP contribution is -2.56. The molecule has 9 heteroatoms. The van der Waals surface area contributed by atoms with Crippen molar-refractivity contribution < 1.29 is 33.2 Å². The molecule has 1 saturated carbocycles. The molecule has 0 aromatic heterocycles. The summed E-state index contributed by atoms with van der Waals surface area (Å²) in [5.41, 5.74) is 6.05. The number of hydrogen-bond acceptors (Lipinski definition) is 8. The summed E-state index contributed by atoms with van der Waals surface area (Å²) in [5.74, 6) is 0.0129. The summed E-state index contributed by atoms with van der Waals surface area (Å²) in [7, 11) is 1.67. The van der Waals surface area contributed by atoms with Crippen molar-refractivity contribution in [2.45, 2.75) is 69.5 Å². The Labute approximate surface area is 191 Å². The Morgan fingerprint density at radius 1 is 1.22 bits per heavy atom. The molecule has 2 saturated heterocycles. The molecule has 0 aromatic carbocycles. The molecular weight excluding hydrogens is 416 g/mol. The van der Waals surface area contributed by atoms with E-state index >= 15 is 0 Å². The molecule has 3 unspecified atom stereocenters. The van der Waals surface area contributed by atoms with Crippen molar-refractivity contribution >= 4 is 6.09 Å². The molecule has 1 spiro atoms. The molecule has 184 valence electrons. The van der Waals surface area contributed by atoms with Gasteiger partial charge in [-0.2, -0.15) is 0 Å². The van der Waals surface area contributed by atoms with E-state index in [1.807, 2.05) is 0 Å². The number of nitrogens with two attached hydrogens (primary N) is 1. The van der Waals surface area contributed by atoms with Crippen LogP contribution >= 0.6 is 0 Å². The van der Waals surface area contributed by atoms with Crippen molar-refractivity contribution in [3.05, 3.63) is 11.6 Å². The predicted octanol–water partition coefficient (Wildman–Crippen LogP) is 1.78. The van der Waals surface area contributed by atoms with Crippen LogP contribution in [0.2, 0.25) is 0 Å². The standard InChI is InChI=1S/C23H40N2O7/c1-16(2)5-6-18-22(3,32-18)20-19(27-4)17(7-8-23(20)15-30-23)31-21(26)25-10-12-29-14-13-28-11-9-24/h5,17-20H,6-15,24H2,1-4H3,(H,25,26)/t17?,18-,19?,20?,22-,23+/m1/s1. The van der Waals surface area contributed by atoms with Gasteiger partial charge in [0.25, 0.3) is 0 Å². The Hall–Kier alpha value is -1.23. The summed E-state index contributed by atoms with van der Waals surface area (Å²) >= 11 is 0. The highest BCUT2D eigenvalue weighted by molar-refractivity contribution is 5.67. The molecule has 2 heterocycles. The van der Waals surface area contributed by atoms with Crippen molar-refractivity contribution in [3.63, 3.8) is 0 Å². The van der Waals surface area contributed by atoms with E-state index in [2.05, 4.69) is 32.2 Å². The first-order valence-electron chi connectivity index (χ1n) is 11.6. The molecule has 2 aliphatic heterocycles. The van der Waals surface area contributed by atoms with E-state index in [0.29, 0.717) is 52.5 Å². The highest BCUT2D eigenvalue weighted by Gasteiger charge is 2.72. The van der Waals surface area contributed by atoms with Gasteiger partial charge in [0, 0.05) is 20.2 Å². The van der Waals surface area contributed by atoms with E-state index in [0.717, 1.165) is 12.8 Å². The van der Waals surface area contributed by atoms with Crippen LogP contribution in [-0.4, -0.2) is 88.8 Å². The molecule has 3 aliphatic rings. The van der Waals surface area contributed by atoms with Gasteiger partial charge in [-0.25, -0.2) is 4.79 Å². The largest absolute Gasteiger partial charge is 0.443 e. The quantitative estimate of drug-likeness (QED) is 0.245. The summed E-state index contributed by atoms with van der Waals surface area (Å²) in [4.78, 5) is 12.4. The molecule has 3 N–H and O–H groups in total. The maximum atomic E-state index is 12.4.